The zero-order chi connectivity index (χ0) is 11.9. The first-order valence-corrected chi connectivity index (χ1v) is 5.77. The first kappa shape index (κ1) is 10.7. The Hall–Kier alpha value is -1.40. The number of H-pyrrole nitrogens is 1. The SMILES string of the molecule is CC1(Nc2nc(Cl)nc3[nH]ncc23)CCOC1. The van der Waals surface area contributed by atoms with E-state index in [9.17, 15) is 0 Å². The maximum Gasteiger partial charge on any atom is 0.226 e. The number of aromatic amines is 1. The minimum atomic E-state index is -0.109. The quantitative estimate of drug-likeness (QED) is 0.795. The number of halogens is 1. The number of rotatable bonds is 2. The van der Waals surface area contributed by atoms with E-state index in [0.29, 0.717) is 18.1 Å². The molecule has 2 aromatic heterocycles. The van der Waals surface area contributed by atoms with E-state index < -0.39 is 0 Å². The molecule has 2 aromatic rings. The Morgan fingerprint density at radius 1 is 1.53 bits per heavy atom. The second-order valence-corrected chi connectivity index (χ2v) is 4.80. The van der Waals surface area contributed by atoms with Gasteiger partial charge in [0.15, 0.2) is 5.65 Å². The Morgan fingerprint density at radius 3 is 3.18 bits per heavy atom. The van der Waals surface area contributed by atoms with Crippen LogP contribution in [0.1, 0.15) is 13.3 Å². The Labute approximate surface area is 103 Å². The molecule has 3 rings (SSSR count). The van der Waals surface area contributed by atoms with Gasteiger partial charge in [-0.15, -0.1) is 0 Å². The zero-order valence-corrected chi connectivity index (χ0v) is 10.1. The summed E-state index contributed by atoms with van der Waals surface area (Å²) in [7, 11) is 0. The van der Waals surface area contributed by atoms with Crippen molar-refractivity contribution >= 4 is 28.5 Å². The average Bonchev–Trinajstić information content (AvgIpc) is 2.86. The smallest absolute Gasteiger partial charge is 0.226 e. The number of aromatic nitrogens is 4. The van der Waals surface area contributed by atoms with Gasteiger partial charge in [0.05, 0.1) is 23.7 Å². The molecule has 1 aliphatic rings. The predicted octanol–water partition coefficient (Wildman–Crippen LogP) is 1.60. The highest BCUT2D eigenvalue weighted by atomic mass is 35.5. The van der Waals surface area contributed by atoms with Gasteiger partial charge < -0.3 is 10.1 Å². The van der Waals surface area contributed by atoms with Crippen molar-refractivity contribution < 1.29 is 4.74 Å². The maximum atomic E-state index is 5.87. The predicted molar refractivity (Wildman–Crippen MR) is 64.2 cm³/mol. The first-order chi connectivity index (χ1) is 8.16. The van der Waals surface area contributed by atoms with Gasteiger partial charge in [0.2, 0.25) is 5.28 Å². The van der Waals surface area contributed by atoms with E-state index in [4.69, 9.17) is 16.3 Å². The van der Waals surface area contributed by atoms with Gasteiger partial charge in [-0.25, -0.2) is 0 Å². The van der Waals surface area contributed by atoms with Crippen molar-refractivity contribution in [3.8, 4) is 0 Å². The fraction of sp³-hybridized carbons (Fsp3) is 0.500. The summed E-state index contributed by atoms with van der Waals surface area (Å²) in [6.07, 6.45) is 2.63. The molecule has 1 aliphatic heterocycles. The molecule has 17 heavy (non-hydrogen) atoms. The maximum absolute atomic E-state index is 5.87. The van der Waals surface area contributed by atoms with Crippen molar-refractivity contribution in [2.24, 2.45) is 0 Å². The molecule has 0 aliphatic carbocycles. The lowest BCUT2D eigenvalue weighted by Gasteiger charge is -2.24. The highest BCUT2D eigenvalue weighted by Gasteiger charge is 2.30. The Kier molecular flexibility index (Phi) is 2.41. The van der Waals surface area contributed by atoms with Gasteiger partial charge in [0.1, 0.15) is 5.82 Å². The number of nitrogens with one attached hydrogen (secondary N) is 2. The fourth-order valence-corrected chi connectivity index (χ4v) is 2.12. The molecule has 6 nitrogen and oxygen atoms in total. The lowest BCUT2D eigenvalue weighted by atomic mass is 10.0. The standard InChI is InChI=1S/C10H12ClN5O/c1-10(2-3-17-5-10)15-7-6-4-12-16-8(6)14-9(11)13-7/h4H,2-3,5H2,1H3,(H2,12,13,14,15,16). The van der Waals surface area contributed by atoms with Gasteiger partial charge in [0.25, 0.3) is 0 Å². The van der Waals surface area contributed by atoms with E-state index >= 15 is 0 Å². The molecular weight excluding hydrogens is 242 g/mol. The number of nitrogens with zero attached hydrogens (tertiary/aromatic N) is 3. The average molecular weight is 254 g/mol. The molecule has 7 heteroatoms. The summed E-state index contributed by atoms with van der Waals surface area (Å²) in [6.45, 7) is 3.52. The number of anilines is 1. The van der Waals surface area contributed by atoms with Gasteiger partial charge in [-0.2, -0.15) is 15.1 Å². The molecule has 90 valence electrons. The van der Waals surface area contributed by atoms with Gasteiger partial charge >= 0.3 is 0 Å². The summed E-state index contributed by atoms with van der Waals surface area (Å²) in [4.78, 5) is 8.27. The molecule has 1 atom stereocenters. The summed E-state index contributed by atoms with van der Waals surface area (Å²) in [5.41, 5.74) is 0.525. The minimum Gasteiger partial charge on any atom is -0.379 e. The van der Waals surface area contributed by atoms with Crippen LogP contribution in [-0.2, 0) is 4.74 Å². The van der Waals surface area contributed by atoms with Crippen LogP contribution in [0, 0.1) is 0 Å². The van der Waals surface area contributed by atoms with E-state index in [2.05, 4.69) is 32.4 Å². The van der Waals surface area contributed by atoms with Crippen molar-refractivity contribution in [2.45, 2.75) is 18.9 Å². The summed E-state index contributed by atoms with van der Waals surface area (Å²) < 4.78 is 5.39. The van der Waals surface area contributed by atoms with Crippen molar-refractivity contribution in [3.63, 3.8) is 0 Å². The Balaban J connectivity index is 2.01. The second kappa shape index (κ2) is 3.82. The third kappa shape index (κ3) is 1.94. The molecule has 1 unspecified atom stereocenters. The van der Waals surface area contributed by atoms with Crippen LogP contribution in [0.4, 0.5) is 5.82 Å². The number of ether oxygens (including phenoxy) is 1. The summed E-state index contributed by atoms with van der Waals surface area (Å²) >= 11 is 5.87. The molecule has 0 aromatic carbocycles. The molecule has 3 heterocycles. The van der Waals surface area contributed by atoms with Crippen LogP contribution in [-0.4, -0.2) is 38.9 Å². The van der Waals surface area contributed by atoms with Crippen LogP contribution in [0.3, 0.4) is 0 Å². The van der Waals surface area contributed by atoms with Crippen molar-refractivity contribution in [1.29, 1.82) is 0 Å². The lowest BCUT2D eigenvalue weighted by molar-refractivity contribution is 0.185. The van der Waals surface area contributed by atoms with Gasteiger partial charge in [-0.1, -0.05) is 0 Å². The molecule has 0 bridgehead atoms. The van der Waals surface area contributed by atoms with E-state index in [1.165, 1.54) is 0 Å². The highest BCUT2D eigenvalue weighted by Crippen LogP contribution is 2.27. The van der Waals surface area contributed by atoms with Crippen LogP contribution in [0.5, 0.6) is 0 Å². The van der Waals surface area contributed by atoms with Gasteiger partial charge in [-0.05, 0) is 24.9 Å². The van der Waals surface area contributed by atoms with Gasteiger partial charge in [0, 0.05) is 6.61 Å². The molecule has 0 radical (unpaired) electrons. The molecule has 1 fully saturated rings. The third-order valence-corrected chi connectivity index (χ3v) is 3.09. The van der Waals surface area contributed by atoms with E-state index in [-0.39, 0.29) is 10.8 Å². The summed E-state index contributed by atoms with van der Waals surface area (Å²) in [5.74, 6) is 0.696. The zero-order valence-electron chi connectivity index (χ0n) is 9.33. The van der Waals surface area contributed by atoms with Gasteiger partial charge in [-0.3, -0.25) is 5.10 Å². The molecule has 0 saturated carbocycles. The molecular formula is C10H12ClN5O. The van der Waals surface area contributed by atoms with Crippen molar-refractivity contribution in [2.75, 3.05) is 18.5 Å². The summed E-state index contributed by atoms with van der Waals surface area (Å²) in [6, 6.07) is 0. The Morgan fingerprint density at radius 2 is 2.41 bits per heavy atom. The first-order valence-electron chi connectivity index (χ1n) is 5.39. The van der Waals surface area contributed by atoms with Crippen molar-refractivity contribution in [3.05, 3.63) is 11.5 Å². The minimum absolute atomic E-state index is 0.109. The third-order valence-electron chi connectivity index (χ3n) is 2.92. The fourth-order valence-electron chi connectivity index (χ4n) is 1.95. The molecule has 1 saturated heterocycles. The van der Waals surface area contributed by atoms with Crippen LogP contribution < -0.4 is 5.32 Å². The molecule has 2 N–H and O–H groups in total. The number of fused-ring (bicyclic) bond motifs is 1. The van der Waals surface area contributed by atoms with Crippen molar-refractivity contribution in [1.82, 2.24) is 20.2 Å². The lowest BCUT2D eigenvalue weighted by Crippen LogP contribution is -2.35. The second-order valence-electron chi connectivity index (χ2n) is 4.46. The number of hydrogen-bond acceptors (Lipinski definition) is 5. The van der Waals surface area contributed by atoms with E-state index in [1.807, 2.05) is 0 Å². The number of hydrogen-bond donors (Lipinski definition) is 2. The largest absolute Gasteiger partial charge is 0.379 e. The van der Waals surface area contributed by atoms with Crippen LogP contribution in [0.2, 0.25) is 5.28 Å². The molecule has 0 spiro atoms. The highest BCUT2D eigenvalue weighted by molar-refractivity contribution is 6.28. The Bertz CT molecular complexity index is 549. The van der Waals surface area contributed by atoms with Crippen LogP contribution in [0.25, 0.3) is 11.0 Å². The van der Waals surface area contributed by atoms with Crippen LogP contribution in [0.15, 0.2) is 6.20 Å². The normalized spacial score (nSPS) is 24.4. The monoisotopic (exact) mass is 253 g/mol. The molecule has 0 amide bonds. The van der Waals surface area contributed by atoms with E-state index in [1.54, 1.807) is 6.20 Å². The van der Waals surface area contributed by atoms with Crippen LogP contribution >= 0.6 is 11.6 Å². The van der Waals surface area contributed by atoms with E-state index in [0.717, 1.165) is 18.4 Å². The summed E-state index contributed by atoms with van der Waals surface area (Å²) in [5, 5.41) is 11.1. The topological polar surface area (TPSA) is 75.7 Å².